The monoisotopic (exact) mass is 468 g/mol. The molecular formula is C32H24N2O2. The molecule has 0 aliphatic rings. The molecule has 0 amide bonds. The fourth-order valence-electron chi connectivity index (χ4n) is 4.37. The summed E-state index contributed by atoms with van der Waals surface area (Å²) >= 11 is 0. The lowest BCUT2D eigenvalue weighted by atomic mass is 10.0. The molecule has 0 saturated heterocycles. The van der Waals surface area contributed by atoms with E-state index in [1.165, 1.54) is 0 Å². The molecule has 174 valence electrons. The number of oxazole rings is 2. The smallest absolute Gasteiger partial charge is 0.226 e. The summed E-state index contributed by atoms with van der Waals surface area (Å²) in [5.41, 5.74) is 7.95. The first-order valence-electron chi connectivity index (χ1n) is 11.9. The molecule has 0 fully saturated rings. The van der Waals surface area contributed by atoms with Crippen LogP contribution in [0.1, 0.15) is 11.4 Å². The third kappa shape index (κ3) is 4.14. The molecule has 0 bridgehead atoms. The standard InChI is InChI=1S/C32H24N2O2/c1-21-29(25-9-5-3-6-10-25)35-31(33-21)27-17-13-23(14-18-27)24-15-19-28(20-16-24)32-34-22(2)30(36-32)26-11-7-4-8-12-26/h3-20H,1-2H3. The minimum absolute atomic E-state index is 0.627. The average Bonchev–Trinajstić information content (AvgIpc) is 3.52. The molecule has 4 nitrogen and oxygen atoms in total. The van der Waals surface area contributed by atoms with Gasteiger partial charge in [0.1, 0.15) is 0 Å². The second kappa shape index (κ2) is 9.16. The molecular weight excluding hydrogens is 444 g/mol. The van der Waals surface area contributed by atoms with Gasteiger partial charge in [-0.2, -0.15) is 0 Å². The SMILES string of the molecule is Cc1nc(-c2ccc(-c3ccc(-c4nc(C)c(-c5ccccc5)o4)cc3)cc2)oc1-c1ccccc1. The van der Waals surface area contributed by atoms with E-state index in [1.807, 2.05) is 98.8 Å². The minimum atomic E-state index is 0.627. The number of rotatable bonds is 5. The van der Waals surface area contributed by atoms with Gasteiger partial charge in [0, 0.05) is 22.3 Å². The summed E-state index contributed by atoms with van der Waals surface area (Å²) in [6.07, 6.45) is 0. The number of aromatic nitrogens is 2. The Morgan fingerprint density at radius 3 is 1.08 bits per heavy atom. The van der Waals surface area contributed by atoms with Gasteiger partial charge in [-0.15, -0.1) is 0 Å². The average molecular weight is 469 g/mol. The number of aryl methyl sites for hydroxylation is 2. The Balaban J connectivity index is 1.23. The Hall–Kier alpha value is -4.70. The van der Waals surface area contributed by atoms with Gasteiger partial charge in [0.15, 0.2) is 11.5 Å². The highest BCUT2D eigenvalue weighted by Crippen LogP contribution is 2.32. The Morgan fingerprint density at radius 1 is 0.389 bits per heavy atom. The number of benzene rings is 4. The second-order valence-electron chi connectivity index (χ2n) is 8.75. The quantitative estimate of drug-likeness (QED) is 0.254. The van der Waals surface area contributed by atoms with Gasteiger partial charge in [0.05, 0.1) is 11.4 Å². The van der Waals surface area contributed by atoms with Gasteiger partial charge in [-0.25, -0.2) is 9.97 Å². The van der Waals surface area contributed by atoms with E-state index < -0.39 is 0 Å². The van der Waals surface area contributed by atoms with Crippen LogP contribution in [0.2, 0.25) is 0 Å². The van der Waals surface area contributed by atoms with Crippen LogP contribution in [0.15, 0.2) is 118 Å². The first-order valence-corrected chi connectivity index (χ1v) is 11.9. The Labute approximate surface area is 209 Å². The molecule has 2 aromatic heterocycles. The van der Waals surface area contributed by atoms with E-state index in [9.17, 15) is 0 Å². The van der Waals surface area contributed by atoms with Gasteiger partial charge in [-0.1, -0.05) is 84.9 Å². The molecule has 0 aliphatic heterocycles. The molecule has 0 N–H and O–H groups in total. The summed E-state index contributed by atoms with van der Waals surface area (Å²) in [5, 5.41) is 0. The normalized spacial score (nSPS) is 11.1. The molecule has 6 aromatic rings. The van der Waals surface area contributed by atoms with Gasteiger partial charge in [0.2, 0.25) is 11.8 Å². The summed E-state index contributed by atoms with van der Waals surface area (Å²) in [6, 6.07) is 36.7. The molecule has 0 saturated carbocycles. The van der Waals surface area contributed by atoms with E-state index in [-0.39, 0.29) is 0 Å². The van der Waals surface area contributed by atoms with Crippen molar-refractivity contribution in [3.63, 3.8) is 0 Å². The van der Waals surface area contributed by atoms with Crippen LogP contribution in [0, 0.1) is 13.8 Å². The van der Waals surface area contributed by atoms with E-state index in [4.69, 9.17) is 8.83 Å². The predicted molar refractivity (Wildman–Crippen MR) is 143 cm³/mol. The second-order valence-corrected chi connectivity index (χ2v) is 8.75. The Bertz CT molecular complexity index is 1490. The zero-order valence-corrected chi connectivity index (χ0v) is 20.1. The maximum atomic E-state index is 6.11. The number of hydrogen-bond donors (Lipinski definition) is 0. The summed E-state index contributed by atoms with van der Waals surface area (Å²) in [7, 11) is 0. The lowest BCUT2D eigenvalue weighted by Gasteiger charge is -2.04. The van der Waals surface area contributed by atoms with Crippen molar-refractivity contribution in [3.05, 3.63) is 121 Å². The predicted octanol–water partition coefficient (Wildman–Crippen LogP) is 8.61. The molecule has 2 heterocycles. The summed E-state index contributed by atoms with van der Waals surface area (Å²) in [6.45, 7) is 3.95. The van der Waals surface area contributed by atoms with Crippen LogP contribution in [0.3, 0.4) is 0 Å². The van der Waals surface area contributed by atoms with E-state index in [0.717, 1.165) is 56.3 Å². The number of hydrogen-bond acceptors (Lipinski definition) is 4. The highest BCUT2D eigenvalue weighted by atomic mass is 16.4. The lowest BCUT2D eigenvalue weighted by Crippen LogP contribution is -1.82. The minimum Gasteiger partial charge on any atom is -0.436 e. The van der Waals surface area contributed by atoms with Crippen LogP contribution >= 0.6 is 0 Å². The van der Waals surface area contributed by atoms with Crippen molar-refractivity contribution in [2.75, 3.05) is 0 Å². The van der Waals surface area contributed by atoms with Crippen LogP contribution in [-0.4, -0.2) is 9.97 Å². The summed E-state index contributed by atoms with van der Waals surface area (Å²) in [4.78, 5) is 9.30. The molecule has 0 unspecified atom stereocenters. The van der Waals surface area contributed by atoms with Crippen molar-refractivity contribution < 1.29 is 8.83 Å². The van der Waals surface area contributed by atoms with Crippen molar-refractivity contribution in [3.8, 4) is 56.7 Å². The van der Waals surface area contributed by atoms with Gasteiger partial charge >= 0.3 is 0 Å². The molecule has 4 heteroatoms. The molecule has 0 aliphatic carbocycles. The molecule has 0 radical (unpaired) electrons. The van der Waals surface area contributed by atoms with E-state index in [1.54, 1.807) is 0 Å². The van der Waals surface area contributed by atoms with Crippen LogP contribution in [0.4, 0.5) is 0 Å². The Kier molecular flexibility index (Phi) is 5.55. The van der Waals surface area contributed by atoms with Crippen molar-refractivity contribution >= 4 is 0 Å². The summed E-state index contributed by atoms with van der Waals surface area (Å²) < 4.78 is 12.2. The van der Waals surface area contributed by atoms with E-state index in [2.05, 4.69) is 34.2 Å². The Morgan fingerprint density at radius 2 is 0.722 bits per heavy atom. The molecule has 6 rings (SSSR count). The van der Waals surface area contributed by atoms with E-state index >= 15 is 0 Å². The van der Waals surface area contributed by atoms with Crippen LogP contribution in [-0.2, 0) is 0 Å². The van der Waals surface area contributed by atoms with E-state index in [0.29, 0.717) is 11.8 Å². The van der Waals surface area contributed by atoms with Crippen LogP contribution in [0.25, 0.3) is 56.7 Å². The lowest BCUT2D eigenvalue weighted by molar-refractivity contribution is 0.587. The van der Waals surface area contributed by atoms with Crippen LogP contribution < -0.4 is 0 Å². The highest BCUT2D eigenvalue weighted by Gasteiger charge is 2.15. The maximum Gasteiger partial charge on any atom is 0.226 e. The van der Waals surface area contributed by atoms with Gasteiger partial charge in [-0.3, -0.25) is 0 Å². The zero-order valence-electron chi connectivity index (χ0n) is 20.1. The van der Waals surface area contributed by atoms with Crippen molar-refractivity contribution in [2.45, 2.75) is 13.8 Å². The maximum absolute atomic E-state index is 6.11. The van der Waals surface area contributed by atoms with Gasteiger partial charge in [0.25, 0.3) is 0 Å². The third-order valence-electron chi connectivity index (χ3n) is 6.26. The van der Waals surface area contributed by atoms with Gasteiger partial charge in [-0.05, 0) is 49.2 Å². The fourth-order valence-corrected chi connectivity index (χ4v) is 4.37. The largest absolute Gasteiger partial charge is 0.436 e. The molecule has 4 aromatic carbocycles. The molecule has 0 atom stereocenters. The highest BCUT2D eigenvalue weighted by molar-refractivity contribution is 5.71. The topological polar surface area (TPSA) is 52.1 Å². The van der Waals surface area contributed by atoms with Crippen molar-refractivity contribution in [1.82, 2.24) is 9.97 Å². The summed E-state index contributed by atoms with van der Waals surface area (Å²) in [5.74, 6) is 2.87. The molecule has 36 heavy (non-hydrogen) atoms. The first-order chi connectivity index (χ1) is 17.7. The zero-order chi connectivity index (χ0) is 24.5. The molecule has 0 spiro atoms. The fraction of sp³-hybridized carbons (Fsp3) is 0.0625. The first kappa shape index (κ1) is 21.8. The third-order valence-corrected chi connectivity index (χ3v) is 6.26. The van der Waals surface area contributed by atoms with Crippen molar-refractivity contribution in [1.29, 1.82) is 0 Å². The van der Waals surface area contributed by atoms with Gasteiger partial charge < -0.3 is 8.83 Å². The van der Waals surface area contributed by atoms with Crippen LogP contribution in [0.5, 0.6) is 0 Å². The van der Waals surface area contributed by atoms with Crippen molar-refractivity contribution in [2.24, 2.45) is 0 Å². The number of nitrogens with zero attached hydrogens (tertiary/aromatic N) is 2.